The lowest BCUT2D eigenvalue weighted by Gasteiger charge is -2.23. The Balaban J connectivity index is 1.66. The van der Waals surface area contributed by atoms with Gasteiger partial charge in [0.25, 0.3) is 5.91 Å². The normalized spacial score (nSPS) is 15.2. The zero-order valence-corrected chi connectivity index (χ0v) is 13.4. The smallest absolute Gasteiger partial charge is 0.274 e. The van der Waals surface area contributed by atoms with Gasteiger partial charge in [0.1, 0.15) is 17.8 Å². The molecule has 1 aromatic heterocycles. The lowest BCUT2D eigenvalue weighted by molar-refractivity contribution is 0.102. The van der Waals surface area contributed by atoms with E-state index in [1.54, 1.807) is 6.07 Å². The maximum atomic E-state index is 12.3. The Morgan fingerprint density at radius 2 is 1.83 bits per heavy atom. The molecule has 0 atom stereocenters. The average Bonchev–Trinajstić information content (AvgIpc) is 2.58. The second kappa shape index (κ2) is 7.22. The van der Waals surface area contributed by atoms with Gasteiger partial charge in [0, 0.05) is 17.8 Å². The predicted molar refractivity (Wildman–Crippen MR) is 91.7 cm³/mol. The molecular weight excluding hydrogens is 288 g/mol. The van der Waals surface area contributed by atoms with Crippen molar-refractivity contribution in [2.24, 2.45) is 0 Å². The maximum absolute atomic E-state index is 12.3. The van der Waals surface area contributed by atoms with Crippen LogP contribution < -0.4 is 10.6 Å². The molecule has 1 fully saturated rings. The number of anilines is 2. The van der Waals surface area contributed by atoms with E-state index in [2.05, 4.69) is 20.6 Å². The van der Waals surface area contributed by atoms with Gasteiger partial charge in [0.15, 0.2) is 0 Å². The van der Waals surface area contributed by atoms with Crippen LogP contribution in [0.3, 0.4) is 0 Å². The van der Waals surface area contributed by atoms with Gasteiger partial charge in [-0.05, 0) is 31.9 Å². The third kappa shape index (κ3) is 4.28. The number of nitrogens with one attached hydrogen (secondary N) is 2. The Morgan fingerprint density at radius 3 is 2.57 bits per heavy atom. The summed E-state index contributed by atoms with van der Waals surface area (Å²) in [6.07, 6.45) is 7.58. The van der Waals surface area contributed by atoms with E-state index in [9.17, 15) is 4.79 Å². The highest BCUT2D eigenvalue weighted by Crippen LogP contribution is 2.21. The molecule has 1 heterocycles. The Bertz CT molecular complexity index is 663. The molecule has 1 amide bonds. The molecule has 0 radical (unpaired) electrons. The summed E-state index contributed by atoms with van der Waals surface area (Å²) in [6.45, 7) is 2.01. The molecule has 2 aromatic rings. The van der Waals surface area contributed by atoms with Crippen LogP contribution in [-0.2, 0) is 0 Å². The van der Waals surface area contributed by atoms with Crippen molar-refractivity contribution in [2.45, 2.75) is 45.1 Å². The number of benzene rings is 1. The van der Waals surface area contributed by atoms with Crippen LogP contribution in [0.5, 0.6) is 0 Å². The molecule has 5 heteroatoms. The fraction of sp³-hybridized carbons (Fsp3) is 0.389. The van der Waals surface area contributed by atoms with Crippen molar-refractivity contribution in [3.8, 4) is 0 Å². The molecule has 0 aliphatic heterocycles. The van der Waals surface area contributed by atoms with Crippen molar-refractivity contribution in [3.63, 3.8) is 0 Å². The van der Waals surface area contributed by atoms with Crippen molar-refractivity contribution >= 4 is 17.4 Å². The zero-order chi connectivity index (χ0) is 16.1. The van der Waals surface area contributed by atoms with E-state index >= 15 is 0 Å². The quantitative estimate of drug-likeness (QED) is 0.902. The molecule has 1 aromatic carbocycles. The molecule has 1 aliphatic rings. The Kier molecular flexibility index (Phi) is 4.86. The van der Waals surface area contributed by atoms with Gasteiger partial charge in [-0.1, -0.05) is 37.0 Å². The number of hydrogen-bond acceptors (Lipinski definition) is 4. The van der Waals surface area contributed by atoms with Crippen LogP contribution in [0.25, 0.3) is 0 Å². The van der Waals surface area contributed by atoms with Crippen LogP contribution in [0.1, 0.15) is 48.2 Å². The molecule has 5 nitrogen and oxygen atoms in total. The summed E-state index contributed by atoms with van der Waals surface area (Å²) in [5.41, 5.74) is 2.30. The van der Waals surface area contributed by atoms with Gasteiger partial charge in [-0.3, -0.25) is 4.79 Å². The molecule has 0 spiro atoms. The molecule has 1 aliphatic carbocycles. The monoisotopic (exact) mass is 310 g/mol. The van der Waals surface area contributed by atoms with Gasteiger partial charge in [-0.2, -0.15) is 0 Å². The summed E-state index contributed by atoms with van der Waals surface area (Å²) in [5, 5.41) is 6.28. The molecule has 3 rings (SSSR count). The van der Waals surface area contributed by atoms with Gasteiger partial charge in [-0.25, -0.2) is 9.97 Å². The minimum Gasteiger partial charge on any atom is -0.367 e. The summed E-state index contributed by atoms with van der Waals surface area (Å²) in [5.74, 6) is 0.504. The molecular formula is C18H22N4O. The van der Waals surface area contributed by atoms with E-state index in [4.69, 9.17) is 0 Å². The first-order chi connectivity index (χ1) is 11.2. The van der Waals surface area contributed by atoms with Gasteiger partial charge in [0.2, 0.25) is 0 Å². The molecule has 120 valence electrons. The third-order valence-corrected chi connectivity index (χ3v) is 4.17. The SMILES string of the molecule is Cc1ccc(NC(=O)c2cc(NC3CCCCC3)ncn2)cc1. The van der Waals surface area contributed by atoms with Crippen LogP contribution in [-0.4, -0.2) is 21.9 Å². The predicted octanol–water partition coefficient (Wildman–Crippen LogP) is 3.78. The number of carbonyl (C=O) groups is 1. The van der Waals surface area contributed by atoms with Crippen molar-refractivity contribution < 1.29 is 4.79 Å². The number of carbonyl (C=O) groups excluding carboxylic acids is 1. The first kappa shape index (κ1) is 15.5. The highest BCUT2D eigenvalue weighted by Gasteiger charge is 2.15. The van der Waals surface area contributed by atoms with E-state index < -0.39 is 0 Å². The molecule has 1 saturated carbocycles. The van der Waals surface area contributed by atoms with E-state index in [-0.39, 0.29) is 5.91 Å². The van der Waals surface area contributed by atoms with Crippen LogP contribution in [0.15, 0.2) is 36.7 Å². The van der Waals surface area contributed by atoms with Crippen molar-refractivity contribution in [1.82, 2.24) is 9.97 Å². The number of amides is 1. The van der Waals surface area contributed by atoms with Gasteiger partial charge in [-0.15, -0.1) is 0 Å². The summed E-state index contributed by atoms with van der Waals surface area (Å²) in [7, 11) is 0. The molecule has 2 N–H and O–H groups in total. The fourth-order valence-corrected chi connectivity index (χ4v) is 2.85. The van der Waals surface area contributed by atoms with E-state index in [0.717, 1.165) is 29.9 Å². The van der Waals surface area contributed by atoms with Gasteiger partial charge >= 0.3 is 0 Å². The van der Waals surface area contributed by atoms with Gasteiger partial charge < -0.3 is 10.6 Å². The lowest BCUT2D eigenvalue weighted by atomic mass is 9.95. The second-order valence-electron chi connectivity index (χ2n) is 6.09. The van der Waals surface area contributed by atoms with Crippen LogP contribution in [0.2, 0.25) is 0 Å². The highest BCUT2D eigenvalue weighted by atomic mass is 16.1. The number of nitrogens with zero attached hydrogens (tertiary/aromatic N) is 2. The number of aryl methyl sites for hydroxylation is 1. The highest BCUT2D eigenvalue weighted by molar-refractivity contribution is 6.03. The summed E-state index contributed by atoms with van der Waals surface area (Å²) in [4.78, 5) is 20.6. The van der Waals surface area contributed by atoms with Crippen molar-refractivity contribution in [3.05, 3.63) is 47.9 Å². The third-order valence-electron chi connectivity index (χ3n) is 4.17. The zero-order valence-electron chi connectivity index (χ0n) is 13.4. The summed E-state index contributed by atoms with van der Waals surface area (Å²) in [6, 6.07) is 9.87. The van der Waals surface area contributed by atoms with Crippen molar-refractivity contribution in [1.29, 1.82) is 0 Å². The topological polar surface area (TPSA) is 66.9 Å². The van der Waals surface area contributed by atoms with E-state index in [0.29, 0.717) is 11.7 Å². The van der Waals surface area contributed by atoms with Crippen molar-refractivity contribution in [2.75, 3.05) is 10.6 Å². The Labute approximate surface area is 136 Å². The maximum Gasteiger partial charge on any atom is 0.274 e. The molecule has 0 saturated heterocycles. The first-order valence-electron chi connectivity index (χ1n) is 8.17. The Morgan fingerprint density at radius 1 is 1.09 bits per heavy atom. The Hall–Kier alpha value is -2.43. The average molecular weight is 310 g/mol. The largest absolute Gasteiger partial charge is 0.367 e. The number of hydrogen-bond donors (Lipinski definition) is 2. The standard InChI is InChI=1S/C18H22N4O/c1-13-7-9-15(10-8-13)22-18(23)16-11-17(20-12-19-16)21-14-5-3-2-4-6-14/h7-12,14H,2-6H2,1H3,(H,22,23)(H,19,20,21). The van der Waals surface area contributed by atoms with Crippen LogP contribution >= 0.6 is 0 Å². The molecule has 23 heavy (non-hydrogen) atoms. The van der Waals surface area contributed by atoms with E-state index in [1.807, 2.05) is 31.2 Å². The molecule has 0 unspecified atom stereocenters. The van der Waals surface area contributed by atoms with Crippen LogP contribution in [0.4, 0.5) is 11.5 Å². The van der Waals surface area contributed by atoms with Crippen LogP contribution in [0, 0.1) is 6.92 Å². The number of aromatic nitrogens is 2. The second-order valence-corrected chi connectivity index (χ2v) is 6.09. The summed E-state index contributed by atoms with van der Waals surface area (Å²) < 4.78 is 0. The van der Waals surface area contributed by atoms with E-state index in [1.165, 1.54) is 25.6 Å². The first-order valence-corrected chi connectivity index (χ1v) is 8.17. The number of rotatable bonds is 4. The minimum absolute atomic E-state index is 0.219. The molecule has 0 bridgehead atoms. The summed E-state index contributed by atoms with van der Waals surface area (Å²) >= 11 is 0. The van der Waals surface area contributed by atoms with Gasteiger partial charge in [0.05, 0.1) is 0 Å². The lowest BCUT2D eigenvalue weighted by Crippen LogP contribution is -2.23. The minimum atomic E-state index is -0.219. The fourth-order valence-electron chi connectivity index (χ4n) is 2.85.